The number of halogens is 3. The summed E-state index contributed by atoms with van der Waals surface area (Å²) in [6, 6.07) is -0.117. The van der Waals surface area contributed by atoms with Crippen LogP contribution in [0.2, 0.25) is 0 Å². The van der Waals surface area contributed by atoms with Gasteiger partial charge in [-0.25, -0.2) is 0 Å². The number of nitrogens with two attached hydrogens (primary N) is 1. The lowest BCUT2D eigenvalue weighted by Crippen LogP contribution is -2.44. The molecule has 3 N–H and O–H groups in total. The van der Waals surface area contributed by atoms with Gasteiger partial charge in [0.25, 0.3) is 0 Å². The first-order valence-corrected chi connectivity index (χ1v) is 6.50. The number of hydrogen-bond donors (Lipinski definition) is 2. The van der Waals surface area contributed by atoms with Crippen molar-refractivity contribution in [3.05, 3.63) is 0 Å². The number of hydrogen-bond acceptors (Lipinski definition) is 3. The molecule has 3 unspecified atom stereocenters. The molecule has 4 nitrogen and oxygen atoms in total. The van der Waals surface area contributed by atoms with Crippen molar-refractivity contribution in [2.75, 3.05) is 13.2 Å². The van der Waals surface area contributed by atoms with Crippen molar-refractivity contribution in [3.63, 3.8) is 0 Å². The van der Waals surface area contributed by atoms with Crippen molar-refractivity contribution in [2.45, 2.75) is 50.9 Å². The van der Waals surface area contributed by atoms with Gasteiger partial charge >= 0.3 is 6.18 Å². The van der Waals surface area contributed by atoms with Gasteiger partial charge in [-0.05, 0) is 25.7 Å². The van der Waals surface area contributed by atoms with Crippen LogP contribution in [0.25, 0.3) is 0 Å². The molecule has 7 heteroatoms. The summed E-state index contributed by atoms with van der Waals surface area (Å²) in [6.45, 7) is 0.750. The molecule has 0 saturated heterocycles. The van der Waals surface area contributed by atoms with Crippen LogP contribution in [-0.2, 0) is 9.53 Å². The molecule has 1 aliphatic rings. The van der Waals surface area contributed by atoms with Gasteiger partial charge in [0.2, 0.25) is 5.91 Å². The molecule has 1 saturated carbocycles. The minimum atomic E-state index is -4.30. The molecule has 3 atom stereocenters. The SMILES string of the molecule is CC(CN)C(=O)NC1CCCC(OCC(F)(F)F)C1. The van der Waals surface area contributed by atoms with Gasteiger partial charge in [-0.1, -0.05) is 6.92 Å². The Bertz CT molecular complexity index is 297. The van der Waals surface area contributed by atoms with Crippen LogP contribution in [0.5, 0.6) is 0 Å². The fraction of sp³-hybridized carbons (Fsp3) is 0.917. The van der Waals surface area contributed by atoms with E-state index in [2.05, 4.69) is 5.32 Å². The topological polar surface area (TPSA) is 64.4 Å². The summed E-state index contributed by atoms with van der Waals surface area (Å²) in [7, 11) is 0. The van der Waals surface area contributed by atoms with Gasteiger partial charge in [0, 0.05) is 18.5 Å². The molecule has 0 aromatic carbocycles. The van der Waals surface area contributed by atoms with E-state index in [-0.39, 0.29) is 24.4 Å². The lowest BCUT2D eigenvalue weighted by atomic mass is 9.92. The van der Waals surface area contributed by atoms with Gasteiger partial charge in [0.15, 0.2) is 0 Å². The summed E-state index contributed by atoms with van der Waals surface area (Å²) in [5.74, 6) is -0.430. The number of rotatable bonds is 5. The normalized spacial score (nSPS) is 25.9. The van der Waals surface area contributed by atoms with Crippen molar-refractivity contribution < 1.29 is 22.7 Å². The van der Waals surface area contributed by atoms with E-state index in [9.17, 15) is 18.0 Å². The molecular weight excluding hydrogens is 261 g/mol. The van der Waals surface area contributed by atoms with Crippen LogP contribution in [-0.4, -0.2) is 37.4 Å². The quantitative estimate of drug-likeness (QED) is 0.805. The van der Waals surface area contributed by atoms with Gasteiger partial charge in [-0.15, -0.1) is 0 Å². The van der Waals surface area contributed by atoms with E-state index in [0.717, 1.165) is 12.8 Å². The Morgan fingerprint density at radius 3 is 2.74 bits per heavy atom. The van der Waals surface area contributed by atoms with Crippen LogP contribution in [0.15, 0.2) is 0 Å². The molecule has 0 aromatic heterocycles. The molecular formula is C12H21F3N2O2. The number of alkyl halides is 3. The second-order valence-electron chi connectivity index (χ2n) is 5.06. The third-order valence-electron chi connectivity index (χ3n) is 3.26. The number of carbonyl (C=O) groups excluding carboxylic acids is 1. The fourth-order valence-corrected chi connectivity index (χ4v) is 2.09. The molecule has 112 valence electrons. The summed E-state index contributed by atoms with van der Waals surface area (Å²) >= 11 is 0. The molecule has 0 spiro atoms. The van der Waals surface area contributed by atoms with Crippen molar-refractivity contribution in [2.24, 2.45) is 11.7 Å². The molecule has 0 aromatic rings. The average Bonchev–Trinajstić information content (AvgIpc) is 2.35. The molecule has 0 aliphatic heterocycles. The van der Waals surface area contributed by atoms with Gasteiger partial charge in [-0.3, -0.25) is 4.79 Å². The van der Waals surface area contributed by atoms with Crippen molar-refractivity contribution in [3.8, 4) is 0 Å². The minimum Gasteiger partial charge on any atom is -0.369 e. The van der Waals surface area contributed by atoms with E-state index in [1.54, 1.807) is 6.92 Å². The number of amides is 1. The second kappa shape index (κ2) is 7.09. The Kier molecular flexibility index (Phi) is 6.06. The smallest absolute Gasteiger partial charge is 0.369 e. The zero-order valence-electron chi connectivity index (χ0n) is 11.0. The molecule has 1 aliphatic carbocycles. The van der Waals surface area contributed by atoms with E-state index in [4.69, 9.17) is 10.5 Å². The van der Waals surface area contributed by atoms with Crippen LogP contribution >= 0.6 is 0 Å². The first-order chi connectivity index (χ1) is 8.81. The Labute approximate surface area is 110 Å². The monoisotopic (exact) mass is 282 g/mol. The van der Waals surface area contributed by atoms with Gasteiger partial charge in [0.1, 0.15) is 6.61 Å². The molecule has 1 fully saturated rings. The maximum Gasteiger partial charge on any atom is 0.411 e. The molecule has 1 rings (SSSR count). The van der Waals surface area contributed by atoms with Crippen LogP contribution in [0, 0.1) is 5.92 Å². The highest BCUT2D eigenvalue weighted by molar-refractivity contribution is 5.78. The van der Waals surface area contributed by atoms with E-state index < -0.39 is 18.9 Å². The standard InChI is InChI=1S/C12H21F3N2O2/c1-8(6-16)11(18)17-9-3-2-4-10(5-9)19-7-12(13,14)15/h8-10H,2-7,16H2,1H3,(H,17,18). The maximum atomic E-state index is 12.1. The largest absolute Gasteiger partial charge is 0.411 e. The van der Waals surface area contributed by atoms with Crippen molar-refractivity contribution in [1.82, 2.24) is 5.32 Å². The number of ether oxygens (including phenoxy) is 1. The van der Waals surface area contributed by atoms with E-state index in [1.807, 2.05) is 0 Å². The van der Waals surface area contributed by atoms with E-state index in [0.29, 0.717) is 12.8 Å². The highest BCUT2D eigenvalue weighted by Gasteiger charge is 2.31. The molecule has 0 radical (unpaired) electrons. The predicted molar refractivity (Wildman–Crippen MR) is 64.4 cm³/mol. The molecule has 19 heavy (non-hydrogen) atoms. The molecule has 1 amide bonds. The molecule has 0 heterocycles. The predicted octanol–water partition coefficient (Wildman–Crippen LogP) is 1.59. The van der Waals surface area contributed by atoms with Gasteiger partial charge < -0.3 is 15.8 Å². The first-order valence-electron chi connectivity index (χ1n) is 6.50. The highest BCUT2D eigenvalue weighted by Crippen LogP contribution is 2.24. The van der Waals surface area contributed by atoms with Crippen molar-refractivity contribution in [1.29, 1.82) is 0 Å². The van der Waals surface area contributed by atoms with Crippen LogP contribution in [0.3, 0.4) is 0 Å². The Morgan fingerprint density at radius 1 is 1.47 bits per heavy atom. The summed E-state index contributed by atoms with van der Waals surface area (Å²) < 4.78 is 41.0. The summed E-state index contributed by atoms with van der Waals surface area (Å²) in [4.78, 5) is 11.7. The van der Waals surface area contributed by atoms with Crippen LogP contribution in [0.4, 0.5) is 13.2 Å². The third-order valence-corrected chi connectivity index (χ3v) is 3.26. The van der Waals surface area contributed by atoms with Crippen LogP contribution < -0.4 is 11.1 Å². The summed E-state index contributed by atoms with van der Waals surface area (Å²) in [5.41, 5.74) is 5.39. The van der Waals surface area contributed by atoms with Crippen molar-refractivity contribution >= 4 is 5.91 Å². The number of nitrogens with one attached hydrogen (secondary N) is 1. The zero-order chi connectivity index (χ0) is 14.5. The van der Waals surface area contributed by atoms with Crippen LogP contribution in [0.1, 0.15) is 32.6 Å². The number of carbonyl (C=O) groups is 1. The Hall–Kier alpha value is -0.820. The zero-order valence-corrected chi connectivity index (χ0v) is 11.0. The lowest BCUT2D eigenvalue weighted by molar-refractivity contribution is -0.188. The molecule has 0 bridgehead atoms. The lowest BCUT2D eigenvalue weighted by Gasteiger charge is -2.30. The first kappa shape index (κ1) is 16.2. The Balaban J connectivity index is 2.36. The average molecular weight is 282 g/mol. The highest BCUT2D eigenvalue weighted by atomic mass is 19.4. The summed E-state index contributed by atoms with van der Waals surface area (Å²) in [5, 5.41) is 2.82. The summed E-state index contributed by atoms with van der Waals surface area (Å²) in [6.07, 6.45) is -2.17. The Morgan fingerprint density at radius 2 is 2.16 bits per heavy atom. The van der Waals surface area contributed by atoms with Gasteiger partial charge in [-0.2, -0.15) is 13.2 Å². The second-order valence-corrected chi connectivity index (χ2v) is 5.06. The fourth-order valence-electron chi connectivity index (χ4n) is 2.09. The van der Waals surface area contributed by atoms with Gasteiger partial charge in [0.05, 0.1) is 6.10 Å². The maximum absolute atomic E-state index is 12.1. The van der Waals surface area contributed by atoms with E-state index in [1.165, 1.54) is 0 Å². The van der Waals surface area contributed by atoms with E-state index >= 15 is 0 Å². The minimum absolute atomic E-state index is 0.117. The third kappa shape index (κ3) is 6.24.